The van der Waals surface area contributed by atoms with Gasteiger partial charge < -0.3 is 4.57 Å². The van der Waals surface area contributed by atoms with E-state index in [9.17, 15) is 0 Å². The summed E-state index contributed by atoms with van der Waals surface area (Å²) in [6, 6.07) is 52.0. The normalized spacial score (nSPS) is 13.2. The zero-order valence-corrected chi connectivity index (χ0v) is 23.8. The first-order valence-corrected chi connectivity index (χ1v) is 14.6. The number of hydrogen-bond acceptors (Lipinski definition) is 1. The number of pyridine rings is 1. The van der Waals surface area contributed by atoms with Crippen molar-refractivity contribution in [3.8, 4) is 50.6 Å². The largest absolute Gasteiger partial charge is 0.309 e. The molecule has 0 amide bonds. The molecule has 42 heavy (non-hydrogen) atoms. The molecule has 0 atom stereocenters. The number of fused-ring (bicyclic) bond motifs is 5. The van der Waals surface area contributed by atoms with Gasteiger partial charge in [0.1, 0.15) is 0 Å². The van der Waals surface area contributed by atoms with Crippen molar-refractivity contribution in [2.24, 2.45) is 0 Å². The van der Waals surface area contributed by atoms with E-state index in [2.05, 4.69) is 152 Å². The molecule has 2 nitrogen and oxygen atoms in total. The molecule has 1 aliphatic rings. The number of hydrogen-bond donors (Lipinski definition) is 0. The van der Waals surface area contributed by atoms with Gasteiger partial charge in [-0.15, -0.1) is 0 Å². The van der Waals surface area contributed by atoms with Crippen molar-refractivity contribution >= 4 is 10.9 Å². The van der Waals surface area contributed by atoms with Crippen LogP contribution in [0.5, 0.6) is 0 Å². The second-order valence-corrected chi connectivity index (χ2v) is 11.7. The Morgan fingerprint density at radius 1 is 0.524 bits per heavy atom. The van der Waals surface area contributed by atoms with E-state index in [0.29, 0.717) is 0 Å². The molecule has 0 spiro atoms. The van der Waals surface area contributed by atoms with Crippen molar-refractivity contribution in [2.75, 3.05) is 0 Å². The van der Waals surface area contributed by atoms with E-state index in [1.807, 2.05) is 12.1 Å². The maximum absolute atomic E-state index is 5.06. The molecule has 7 aromatic rings. The minimum atomic E-state index is -0.0601. The van der Waals surface area contributed by atoms with Gasteiger partial charge in [-0.25, -0.2) is 4.98 Å². The van der Waals surface area contributed by atoms with E-state index in [0.717, 1.165) is 28.1 Å². The lowest BCUT2D eigenvalue weighted by molar-refractivity contribution is 0.666. The number of nitrogens with zero attached hydrogens (tertiary/aromatic N) is 2. The summed E-state index contributed by atoms with van der Waals surface area (Å²) < 4.78 is 2.46. The molecule has 1 aliphatic carbocycles. The van der Waals surface area contributed by atoms with E-state index in [1.54, 1.807) is 0 Å². The summed E-state index contributed by atoms with van der Waals surface area (Å²) >= 11 is 0. The second-order valence-electron chi connectivity index (χ2n) is 11.7. The van der Waals surface area contributed by atoms with Crippen molar-refractivity contribution < 1.29 is 0 Å². The summed E-state index contributed by atoms with van der Waals surface area (Å²) in [6.07, 6.45) is 0. The minimum Gasteiger partial charge on any atom is -0.309 e. The molecule has 2 aromatic heterocycles. The van der Waals surface area contributed by atoms with Gasteiger partial charge in [0.25, 0.3) is 0 Å². The molecule has 0 saturated heterocycles. The molecular formula is C40H30N2. The highest BCUT2D eigenvalue weighted by Crippen LogP contribution is 2.53. The van der Waals surface area contributed by atoms with Crippen molar-refractivity contribution in [1.82, 2.24) is 9.55 Å². The standard InChI is InChI=1S/C40H30N2/c1-40(2)34-19-11-9-17-32(34)39-38(40)33-18-10-12-20-37(33)42(39)31-23-21-27(22-24-31)30-25-35(28-13-5-3-6-14-28)41-36(26-30)29-15-7-4-8-16-29/h3-26H,1-2H3. The fraction of sp³-hybridized carbons (Fsp3) is 0.0750. The van der Waals surface area contributed by atoms with Gasteiger partial charge in [-0.2, -0.15) is 0 Å². The highest BCUT2D eigenvalue weighted by Gasteiger charge is 2.40. The average molecular weight is 539 g/mol. The molecule has 0 unspecified atom stereocenters. The molecular weight excluding hydrogens is 508 g/mol. The van der Waals surface area contributed by atoms with Gasteiger partial charge in [0.15, 0.2) is 0 Å². The Labute approximate surface area is 246 Å². The van der Waals surface area contributed by atoms with Crippen LogP contribution >= 0.6 is 0 Å². The first kappa shape index (κ1) is 24.6. The van der Waals surface area contributed by atoms with Crippen molar-refractivity contribution in [2.45, 2.75) is 19.3 Å². The van der Waals surface area contributed by atoms with E-state index >= 15 is 0 Å². The quantitative estimate of drug-likeness (QED) is 0.218. The van der Waals surface area contributed by atoms with Crippen LogP contribution in [0.3, 0.4) is 0 Å². The molecule has 200 valence electrons. The zero-order valence-electron chi connectivity index (χ0n) is 23.8. The Kier molecular flexibility index (Phi) is 5.52. The third-order valence-electron chi connectivity index (χ3n) is 8.78. The van der Waals surface area contributed by atoms with E-state index < -0.39 is 0 Å². The van der Waals surface area contributed by atoms with E-state index in [-0.39, 0.29) is 5.41 Å². The highest BCUT2D eigenvalue weighted by atomic mass is 15.0. The maximum Gasteiger partial charge on any atom is 0.0715 e. The summed E-state index contributed by atoms with van der Waals surface area (Å²) in [5, 5.41) is 1.33. The van der Waals surface area contributed by atoms with Crippen LogP contribution in [0, 0.1) is 0 Å². The fourth-order valence-electron chi connectivity index (χ4n) is 6.78. The summed E-state index contributed by atoms with van der Waals surface area (Å²) in [5.41, 5.74) is 14.3. The fourth-order valence-corrected chi connectivity index (χ4v) is 6.78. The highest BCUT2D eigenvalue weighted by molar-refractivity contribution is 5.99. The van der Waals surface area contributed by atoms with Gasteiger partial charge in [0.05, 0.1) is 22.6 Å². The first-order chi connectivity index (χ1) is 20.6. The topological polar surface area (TPSA) is 17.8 Å². The lowest BCUT2D eigenvalue weighted by Gasteiger charge is -2.21. The molecule has 0 saturated carbocycles. The van der Waals surface area contributed by atoms with Crippen LogP contribution in [0.4, 0.5) is 0 Å². The molecule has 0 fully saturated rings. The van der Waals surface area contributed by atoms with Crippen LogP contribution in [-0.2, 0) is 5.41 Å². The monoisotopic (exact) mass is 538 g/mol. The third-order valence-corrected chi connectivity index (χ3v) is 8.78. The third kappa shape index (κ3) is 3.76. The number of para-hydroxylation sites is 1. The van der Waals surface area contributed by atoms with Crippen LogP contribution in [-0.4, -0.2) is 9.55 Å². The summed E-state index contributed by atoms with van der Waals surface area (Å²) in [6.45, 7) is 4.71. The second kappa shape index (κ2) is 9.43. The van der Waals surface area contributed by atoms with Crippen LogP contribution in [0.1, 0.15) is 25.0 Å². The van der Waals surface area contributed by atoms with E-state index in [4.69, 9.17) is 4.98 Å². The molecule has 2 heterocycles. The Bertz CT molecular complexity index is 2020. The van der Waals surface area contributed by atoms with Crippen LogP contribution in [0.25, 0.3) is 61.5 Å². The van der Waals surface area contributed by atoms with Crippen molar-refractivity contribution in [3.63, 3.8) is 0 Å². The van der Waals surface area contributed by atoms with Crippen molar-refractivity contribution in [3.05, 3.63) is 157 Å². The molecule has 0 bridgehead atoms. The molecule has 0 N–H and O–H groups in total. The molecule has 5 aromatic carbocycles. The zero-order chi connectivity index (χ0) is 28.3. The van der Waals surface area contributed by atoms with Crippen LogP contribution in [0.15, 0.2) is 146 Å². The maximum atomic E-state index is 5.06. The smallest absolute Gasteiger partial charge is 0.0715 e. The number of rotatable bonds is 4. The van der Waals surface area contributed by atoms with Gasteiger partial charge in [0.2, 0.25) is 0 Å². The van der Waals surface area contributed by atoms with Gasteiger partial charge in [0, 0.05) is 33.2 Å². The van der Waals surface area contributed by atoms with Gasteiger partial charge in [-0.1, -0.05) is 129 Å². The van der Waals surface area contributed by atoms with E-state index in [1.165, 1.54) is 44.5 Å². The van der Waals surface area contributed by atoms with Crippen LogP contribution < -0.4 is 0 Å². The Hall–Kier alpha value is -5.21. The molecule has 0 aliphatic heterocycles. The first-order valence-electron chi connectivity index (χ1n) is 14.6. The number of aromatic nitrogens is 2. The Morgan fingerprint density at radius 3 is 1.76 bits per heavy atom. The molecule has 2 heteroatoms. The van der Waals surface area contributed by atoms with Gasteiger partial charge >= 0.3 is 0 Å². The lowest BCUT2D eigenvalue weighted by Crippen LogP contribution is -2.14. The summed E-state index contributed by atoms with van der Waals surface area (Å²) in [4.78, 5) is 5.06. The minimum absolute atomic E-state index is 0.0601. The summed E-state index contributed by atoms with van der Waals surface area (Å²) in [7, 11) is 0. The average Bonchev–Trinajstić information content (AvgIpc) is 3.52. The van der Waals surface area contributed by atoms with Gasteiger partial charge in [-0.3, -0.25) is 0 Å². The SMILES string of the molecule is CC1(C)c2ccccc2-c2c1c1ccccc1n2-c1ccc(-c2cc(-c3ccccc3)nc(-c3ccccc3)c2)cc1. The lowest BCUT2D eigenvalue weighted by atomic mass is 9.81. The molecule has 8 rings (SSSR count). The predicted octanol–water partition coefficient (Wildman–Crippen LogP) is 10.3. The van der Waals surface area contributed by atoms with Crippen LogP contribution in [0.2, 0.25) is 0 Å². The Balaban J connectivity index is 1.29. The Morgan fingerprint density at radius 2 is 1.10 bits per heavy atom. The number of benzene rings is 5. The molecule has 0 radical (unpaired) electrons. The summed E-state index contributed by atoms with van der Waals surface area (Å²) in [5.74, 6) is 0. The predicted molar refractivity (Wildman–Crippen MR) is 175 cm³/mol. The van der Waals surface area contributed by atoms with Gasteiger partial charge in [-0.05, 0) is 52.6 Å². The van der Waals surface area contributed by atoms with Crippen molar-refractivity contribution in [1.29, 1.82) is 0 Å².